The molecule has 0 aromatic heterocycles. The number of anilines is 1. The summed E-state index contributed by atoms with van der Waals surface area (Å²) in [6, 6.07) is 11.2. The Morgan fingerprint density at radius 3 is 2.35 bits per heavy atom. The van der Waals surface area contributed by atoms with Crippen molar-refractivity contribution < 1.29 is 14.3 Å². The normalized spacial score (nSPS) is 15.5. The average molecular weight is 444 g/mol. The molecular weight excluding hydrogens is 414 g/mol. The number of carbonyl (C=O) groups is 2. The molecule has 2 aromatic rings. The van der Waals surface area contributed by atoms with Crippen LogP contribution in [0.15, 0.2) is 36.4 Å². The van der Waals surface area contributed by atoms with Crippen molar-refractivity contribution in [3.05, 3.63) is 58.1 Å². The van der Waals surface area contributed by atoms with Gasteiger partial charge in [0.1, 0.15) is 5.75 Å². The van der Waals surface area contributed by atoms with Crippen molar-refractivity contribution in [3.63, 3.8) is 0 Å². The van der Waals surface area contributed by atoms with Gasteiger partial charge in [-0.3, -0.25) is 14.5 Å². The zero-order chi connectivity index (χ0) is 22.5. The second kappa shape index (κ2) is 10.2. The fourth-order valence-corrected chi connectivity index (χ4v) is 3.84. The minimum Gasteiger partial charge on any atom is -0.495 e. The number of hydrogen-bond acceptors (Lipinski definition) is 4. The number of ether oxygens (including phenoxy) is 1. The summed E-state index contributed by atoms with van der Waals surface area (Å²) >= 11 is 6.15. The fraction of sp³-hybridized carbons (Fsp3) is 0.417. The van der Waals surface area contributed by atoms with Crippen LogP contribution in [0.2, 0.25) is 5.02 Å². The lowest BCUT2D eigenvalue weighted by molar-refractivity contribution is -0.133. The summed E-state index contributed by atoms with van der Waals surface area (Å²) in [5.74, 6) is 0.545. The van der Waals surface area contributed by atoms with Crippen molar-refractivity contribution in [2.75, 3.05) is 38.6 Å². The van der Waals surface area contributed by atoms with Gasteiger partial charge >= 0.3 is 0 Å². The SMILES string of the molecule is COc1cc(Cl)c(C)cc1NC(=O)C(C)N1CCN(C(=O)Cc2ccc(C)cc2)CC1. The molecule has 1 aliphatic rings. The van der Waals surface area contributed by atoms with Crippen molar-refractivity contribution in [2.45, 2.75) is 33.2 Å². The van der Waals surface area contributed by atoms with E-state index in [1.165, 1.54) is 5.56 Å². The molecule has 2 aromatic carbocycles. The van der Waals surface area contributed by atoms with E-state index in [9.17, 15) is 9.59 Å². The van der Waals surface area contributed by atoms with Gasteiger partial charge < -0.3 is 15.0 Å². The summed E-state index contributed by atoms with van der Waals surface area (Å²) in [7, 11) is 1.55. The average Bonchev–Trinajstić information content (AvgIpc) is 2.77. The van der Waals surface area contributed by atoms with E-state index in [1.54, 1.807) is 13.2 Å². The maximum absolute atomic E-state index is 12.8. The van der Waals surface area contributed by atoms with Crippen LogP contribution in [0.1, 0.15) is 23.6 Å². The molecule has 1 unspecified atom stereocenters. The molecule has 1 saturated heterocycles. The summed E-state index contributed by atoms with van der Waals surface area (Å²) < 4.78 is 5.35. The Labute approximate surface area is 189 Å². The molecule has 0 bridgehead atoms. The Bertz CT molecular complexity index is 938. The minimum atomic E-state index is -0.324. The van der Waals surface area contributed by atoms with Gasteiger partial charge in [-0.15, -0.1) is 0 Å². The van der Waals surface area contributed by atoms with E-state index in [4.69, 9.17) is 16.3 Å². The first-order valence-electron chi connectivity index (χ1n) is 10.5. The second-order valence-corrected chi connectivity index (χ2v) is 8.45. The zero-order valence-corrected chi connectivity index (χ0v) is 19.3. The van der Waals surface area contributed by atoms with Crippen LogP contribution in [-0.2, 0) is 16.0 Å². The van der Waals surface area contributed by atoms with Gasteiger partial charge in [0.15, 0.2) is 0 Å². The number of nitrogens with zero attached hydrogens (tertiary/aromatic N) is 2. The van der Waals surface area contributed by atoms with Crippen molar-refractivity contribution in [3.8, 4) is 5.75 Å². The second-order valence-electron chi connectivity index (χ2n) is 8.05. The molecule has 31 heavy (non-hydrogen) atoms. The predicted molar refractivity (Wildman–Crippen MR) is 124 cm³/mol. The summed E-state index contributed by atoms with van der Waals surface area (Å²) in [6.07, 6.45) is 0.409. The van der Waals surface area contributed by atoms with Crippen molar-refractivity contribution in [1.82, 2.24) is 9.80 Å². The quantitative estimate of drug-likeness (QED) is 0.739. The van der Waals surface area contributed by atoms with Gasteiger partial charge in [0, 0.05) is 37.3 Å². The Morgan fingerprint density at radius 1 is 1.10 bits per heavy atom. The third-order valence-electron chi connectivity index (χ3n) is 5.81. The first kappa shape index (κ1) is 23.1. The van der Waals surface area contributed by atoms with E-state index in [1.807, 2.05) is 56.0 Å². The molecule has 0 spiro atoms. The molecule has 1 fully saturated rings. The number of hydrogen-bond donors (Lipinski definition) is 1. The number of carbonyl (C=O) groups excluding carboxylic acids is 2. The lowest BCUT2D eigenvalue weighted by Gasteiger charge is -2.37. The molecule has 1 N–H and O–H groups in total. The highest BCUT2D eigenvalue weighted by Crippen LogP contribution is 2.31. The Balaban J connectivity index is 1.54. The third kappa shape index (κ3) is 5.77. The largest absolute Gasteiger partial charge is 0.495 e. The number of amides is 2. The first-order chi connectivity index (χ1) is 14.8. The van der Waals surface area contributed by atoms with Crippen LogP contribution in [-0.4, -0.2) is 60.9 Å². The maximum Gasteiger partial charge on any atom is 0.241 e. The van der Waals surface area contributed by atoms with E-state index in [0.29, 0.717) is 49.1 Å². The summed E-state index contributed by atoms with van der Waals surface area (Å²) in [5.41, 5.74) is 3.68. The van der Waals surface area contributed by atoms with E-state index in [0.717, 1.165) is 11.1 Å². The number of benzene rings is 2. The molecule has 2 amide bonds. The first-order valence-corrected chi connectivity index (χ1v) is 10.9. The number of aryl methyl sites for hydroxylation is 2. The van der Waals surface area contributed by atoms with Crippen LogP contribution in [0.5, 0.6) is 5.75 Å². The predicted octanol–water partition coefficient (Wildman–Crippen LogP) is 3.68. The van der Waals surface area contributed by atoms with Gasteiger partial charge in [0.2, 0.25) is 11.8 Å². The van der Waals surface area contributed by atoms with Crippen LogP contribution in [0.3, 0.4) is 0 Å². The smallest absolute Gasteiger partial charge is 0.241 e. The van der Waals surface area contributed by atoms with Crippen molar-refractivity contribution in [1.29, 1.82) is 0 Å². The van der Waals surface area contributed by atoms with Gasteiger partial charge in [-0.25, -0.2) is 0 Å². The topological polar surface area (TPSA) is 61.9 Å². The van der Waals surface area contributed by atoms with Crippen molar-refractivity contribution >= 4 is 29.1 Å². The van der Waals surface area contributed by atoms with Crippen LogP contribution in [0, 0.1) is 13.8 Å². The molecule has 7 heteroatoms. The summed E-state index contributed by atoms with van der Waals surface area (Å²) in [4.78, 5) is 29.5. The fourth-order valence-electron chi connectivity index (χ4n) is 3.68. The molecule has 166 valence electrons. The molecule has 0 radical (unpaired) electrons. The van der Waals surface area contributed by atoms with E-state index in [-0.39, 0.29) is 17.9 Å². The standard InChI is InChI=1S/C24H30ClN3O3/c1-16-5-7-19(8-6-16)14-23(29)28-11-9-27(10-12-28)18(3)24(30)26-21-13-17(2)20(25)15-22(21)31-4/h5-8,13,15,18H,9-12,14H2,1-4H3,(H,26,30). The van der Waals surface area contributed by atoms with E-state index >= 15 is 0 Å². The molecule has 0 saturated carbocycles. The Kier molecular flexibility index (Phi) is 7.57. The minimum absolute atomic E-state index is 0.112. The van der Waals surface area contributed by atoms with Crippen LogP contribution >= 0.6 is 11.6 Å². The summed E-state index contributed by atoms with van der Waals surface area (Å²) in [6.45, 7) is 8.35. The summed E-state index contributed by atoms with van der Waals surface area (Å²) in [5, 5.41) is 3.54. The highest BCUT2D eigenvalue weighted by atomic mass is 35.5. The van der Waals surface area contributed by atoms with Crippen molar-refractivity contribution in [2.24, 2.45) is 0 Å². The van der Waals surface area contributed by atoms with Crippen LogP contribution in [0.25, 0.3) is 0 Å². The monoisotopic (exact) mass is 443 g/mol. The number of methoxy groups -OCH3 is 1. The molecule has 6 nitrogen and oxygen atoms in total. The van der Waals surface area contributed by atoms with E-state index in [2.05, 4.69) is 10.2 Å². The molecule has 1 aliphatic heterocycles. The Hall–Kier alpha value is -2.57. The van der Waals surface area contributed by atoms with E-state index < -0.39 is 0 Å². The van der Waals surface area contributed by atoms with Gasteiger partial charge in [-0.2, -0.15) is 0 Å². The zero-order valence-electron chi connectivity index (χ0n) is 18.6. The molecular formula is C24H30ClN3O3. The lowest BCUT2D eigenvalue weighted by Crippen LogP contribution is -2.54. The highest BCUT2D eigenvalue weighted by molar-refractivity contribution is 6.31. The lowest BCUT2D eigenvalue weighted by atomic mass is 10.1. The molecule has 1 heterocycles. The Morgan fingerprint density at radius 2 is 1.74 bits per heavy atom. The third-order valence-corrected chi connectivity index (χ3v) is 6.22. The number of rotatable bonds is 6. The maximum atomic E-state index is 12.8. The highest BCUT2D eigenvalue weighted by Gasteiger charge is 2.28. The number of nitrogens with one attached hydrogen (secondary N) is 1. The van der Waals surface area contributed by atoms with Gasteiger partial charge in [-0.05, 0) is 38.0 Å². The molecule has 1 atom stereocenters. The van der Waals surface area contributed by atoms with Gasteiger partial charge in [-0.1, -0.05) is 41.4 Å². The van der Waals surface area contributed by atoms with Crippen LogP contribution in [0.4, 0.5) is 5.69 Å². The number of piperazine rings is 1. The molecule has 3 rings (SSSR count). The number of halogens is 1. The van der Waals surface area contributed by atoms with Gasteiger partial charge in [0.05, 0.1) is 25.3 Å². The molecule has 0 aliphatic carbocycles. The van der Waals surface area contributed by atoms with Gasteiger partial charge in [0.25, 0.3) is 0 Å². The van der Waals surface area contributed by atoms with Crippen LogP contribution < -0.4 is 10.1 Å².